The predicted octanol–water partition coefficient (Wildman–Crippen LogP) is 2.32. The van der Waals surface area contributed by atoms with Crippen LogP contribution in [0.15, 0.2) is 30.3 Å². The number of hydrogen-bond donors (Lipinski definition) is 2. The van der Waals surface area contributed by atoms with Crippen molar-refractivity contribution in [3.8, 4) is 0 Å². The second-order valence-electron chi connectivity index (χ2n) is 6.40. The van der Waals surface area contributed by atoms with Gasteiger partial charge in [0.1, 0.15) is 0 Å². The van der Waals surface area contributed by atoms with Crippen molar-refractivity contribution in [3.05, 3.63) is 35.9 Å². The molecule has 1 heterocycles. The third kappa shape index (κ3) is 5.74. The van der Waals surface area contributed by atoms with Gasteiger partial charge in [-0.15, -0.1) is 0 Å². The van der Waals surface area contributed by atoms with E-state index < -0.39 is 0 Å². The van der Waals surface area contributed by atoms with Crippen molar-refractivity contribution in [2.45, 2.75) is 32.3 Å². The number of nitrogens with zero attached hydrogens (tertiary/aromatic N) is 1. The van der Waals surface area contributed by atoms with Crippen LogP contribution >= 0.6 is 0 Å². The number of carbonyl (C=O) groups excluding carboxylic acids is 2. The summed E-state index contributed by atoms with van der Waals surface area (Å²) in [6.07, 6.45) is 2.42. The highest BCUT2D eigenvalue weighted by atomic mass is 16.5. The Bertz CT molecular complexity index is 550. The molecule has 3 amide bonds. The number of carbonyl (C=O) groups is 2. The highest BCUT2D eigenvalue weighted by Crippen LogP contribution is 2.18. The van der Waals surface area contributed by atoms with E-state index in [0.717, 1.165) is 24.8 Å². The van der Waals surface area contributed by atoms with Crippen LogP contribution in [-0.4, -0.2) is 50.1 Å². The summed E-state index contributed by atoms with van der Waals surface area (Å²) in [5.74, 6) is -0.0585. The molecule has 1 fully saturated rings. The third-order valence-corrected chi connectivity index (χ3v) is 4.52. The lowest BCUT2D eigenvalue weighted by molar-refractivity contribution is -0.126. The molecule has 0 radical (unpaired) electrons. The molecule has 1 aliphatic rings. The third-order valence-electron chi connectivity index (χ3n) is 4.52. The van der Waals surface area contributed by atoms with E-state index in [1.165, 1.54) is 0 Å². The summed E-state index contributed by atoms with van der Waals surface area (Å²) in [4.78, 5) is 26.3. The molecule has 1 aromatic rings. The van der Waals surface area contributed by atoms with Gasteiger partial charge in [-0.25, -0.2) is 4.79 Å². The zero-order chi connectivity index (χ0) is 18.1. The molecule has 138 valence electrons. The number of ether oxygens (including phenoxy) is 1. The molecule has 6 nitrogen and oxygen atoms in total. The highest BCUT2D eigenvalue weighted by molar-refractivity contribution is 5.80. The Hall–Kier alpha value is -2.08. The number of likely N-dealkylation sites (tertiary alicyclic amines) is 1. The zero-order valence-corrected chi connectivity index (χ0v) is 15.2. The van der Waals surface area contributed by atoms with Crippen molar-refractivity contribution in [3.63, 3.8) is 0 Å². The van der Waals surface area contributed by atoms with Gasteiger partial charge in [-0.2, -0.15) is 0 Å². The maximum Gasteiger partial charge on any atom is 0.317 e. The molecule has 2 rings (SSSR count). The van der Waals surface area contributed by atoms with Crippen molar-refractivity contribution in [1.29, 1.82) is 0 Å². The van der Waals surface area contributed by atoms with E-state index in [4.69, 9.17) is 4.74 Å². The van der Waals surface area contributed by atoms with E-state index in [2.05, 4.69) is 10.6 Å². The first-order valence-corrected chi connectivity index (χ1v) is 9.04. The topological polar surface area (TPSA) is 70.7 Å². The summed E-state index contributed by atoms with van der Waals surface area (Å²) in [7, 11) is 1.64. The van der Waals surface area contributed by atoms with Gasteiger partial charge in [0, 0.05) is 33.3 Å². The molecule has 1 aromatic carbocycles. The Kier molecular flexibility index (Phi) is 7.73. The average molecular weight is 347 g/mol. The molecule has 0 bridgehead atoms. The first-order chi connectivity index (χ1) is 12.2. The molecule has 2 atom stereocenters. The number of hydrogen-bond acceptors (Lipinski definition) is 3. The minimum absolute atomic E-state index is 0.0541. The van der Waals surface area contributed by atoms with Gasteiger partial charge in [0.15, 0.2) is 0 Å². The van der Waals surface area contributed by atoms with Crippen molar-refractivity contribution >= 4 is 11.9 Å². The molecule has 0 spiro atoms. The Morgan fingerprint density at radius 1 is 1.28 bits per heavy atom. The van der Waals surface area contributed by atoms with Gasteiger partial charge < -0.3 is 20.3 Å². The molecule has 0 unspecified atom stereocenters. The van der Waals surface area contributed by atoms with Crippen LogP contribution in [0.5, 0.6) is 0 Å². The first kappa shape index (κ1) is 19.2. The van der Waals surface area contributed by atoms with Gasteiger partial charge in [-0.1, -0.05) is 37.3 Å². The quantitative estimate of drug-likeness (QED) is 0.795. The first-order valence-electron chi connectivity index (χ1n) is 9.04. The zero-order valence-electron chi connectivity index (χ0n) is 15.2. The fraction of sp³-hybridized carbons (Fsp3) is 0.579. The lowest BCUT2D eigenvalue weighted by Crippen LogP contribution is -2.49. The number of piperidine rings is 1. The number of methoxy groups -OCH3 is 1. The number of urea groups is 1. The molecule has 0 aromatic heterocycles. The highest BCUT2D eigenvalue weighted by Gasteiger charge is 2.28. The van der Waals surface area contributed by atoms with Gasteiger partial charge in [-0.05, 0) is 24.8 Å². The predicted molar refractivity (Wildman–Crippen MR) is 97.2 cm³/mol. The monoisotopic (exact) mass is 347 g/mol. The molecule has 0 saturated carbocycles. The summed E-state index contributed by atoms with van der Waals surface area (Å²) in [5.41, 5.74) is 1.03. The SMILES string of the molecule is CCCNC(=O)[C@H]1CCCN(C(=O)NC[C@@H](OC)c2ccccc2)C1. The number of amides is 3. The lowest BCUT2D eigenvalue weighted by Gasteiger charge is -2.32. The Labute approximate surface area is 149 Å². The van der Waals surface area contributed by atoms with Gasteiger partial charge in [0.2, 0.25) is 5.91 Å². The van der Waals surface area contributed by atoms with E-state index in [1.54, 1.807) is 12.0 Å². The maximum absolute atomic E-state index is 12.5. The van der Waals surface area contributed by atoms with Crippen LogP contribution in [0.4, 0.5) is 4.79 Å². The van der Waals surface area contributed by atoms with Crippen molar-refractivity contribution in [2.75, 3.05) is 33.3 Å². The van der Waals surface area contributed by atoms with Crippen LogP contribution in [0.3, 0.4) is 0 Å². The lowest BCUT2D eigenvalue weighted by atomic mass is 9.97. The number of rotatable bonds is 7. The molecule has 2 N–H and O–H groups in total. The summed E-state index contributed by atoms with van der Waals surface area (Å²) < 4.78 is 5.48. The fourth-order valence-corrected chi connectivity index (χ4v) is 3.06. The van der Waals surface area contributed by atoms with E-state index in [1.807, 2.05) is 37.3 Å². The summed E-state index contributed by atoms with van der Waals surface area (Å²) >= 11 is 0. The van der Waals surface area contributed by atoms with Gasteiger partial charge in [0.25, 0.3) is 0 Å². The average Bonchev–Trinajstić information content (AvgIpc) is 2.67. The molecule has 0 aliphatic carbocycles. The van der Waals surface area contributed by atoms with Crippen LogP contribution in [0.25, 0.3) is 0 Å². The minimum Gasteiger partial charge on any atom is -0.375 e. The summed E-state index contributed by atoms with van der Waals surface area (Å²) in [5, 5.41) is 5.86. The molecule has 1 saturated heterocycles. The smallest absolute Gasteiger partial charge is 0.317 e. The van der Waals surface area contributed by atoms with Crippen molar-refractivity contribution < 1.29 is 14.3 Å². The second kappa shape index (κ2) is 10.0. The van der Waals surface area contributed by atoms with E-state index in [-0.39, 0.29) is 24.0 Å². The van der Waals surface area contributed by atoms with Gasteiger partial charge in [0.05, 0.1) is 12.0 Å². The normalized spacial score (nSPS) is 18.5. The molecular weight excluding hydrogens is 318 g/mol. The second-order valence-corrected chi connectivity index (χ2v) is 6.40. The van der Waals surface area contributed by atoms with Gasteiger partial charge >= 0.3 is 6.03 Å². The summed E-state index contributed by atoms with van der Waals surface area (Å²) in [6.45, 7) is 4.28. The molecule has 1 aliphatic heterocycles. The van der Waals surface area contributed by atoms with Gasteiger partial charge in [-0.3, -0.25) is 4.79 Å². The molecule has 25 heavy (non-hydrogen) atoms. The Morgan fingerprint density at radius 3 is 2.72 bits per heavy atom. The van der Waals surface area contributed by atoms with E-state index >= 15 is 0 Å². The Balaban J connectivity index is 1.84. The van der Waals surface area contributed by atoms with Crippen LogP contribution < -0.4 is 10.6 Å². The fourth-order valence-electron chi connectivity index (χ4n) is 3.06. The molecule has 6 heteroatoms. The largest absolute Gasteiger partial charge is 0.375 e. The number of nitrogens with one attached hydrogen (secondary N) is 2. The van der Waals surface area contributed by atoms with Crippen LogP contribution in [-0.2, 0) is 9.53 Å². The van der Waals surface area contributed by atoms with Crippen molar-refractivity contribution in [2.24, 2.45) is 5.92 Å². The van der Waals surface area contributed by atoms with E-state index in [9.17, 15) is 9.59 Å². The van der Waals surface area contributed by atoms with Crippen LogP contribution in [0, 0.1) is 5.92 Å². The summed E-state index contributed by atoms with van der Waals surface area (Å²) in [6, 6.07) is 9.68. The van der Waals surface area contributed by atoms with Crippen LogP contribution in [0.1, 0.15) is 37.9 Å². The molecular formula is C19H29N3O3. The maximum atomic E-state index is 12.5. The Morgan fingerprint density at radius 2 is 2.04 bits per heavy atom. The standard InChI is InChI=1S/C19H29N3O3/c1-3-11-20-18(23)16-10-7-12-22(14-16)19(24)21-13-17(25-2)15-8-5-4-6-9-15/h4-6,8-9,16-17H,3,7,10-14H2,1-2H3,(H,20,23)(H,21,24)/t16-,17+/m0/s1. The number of benzene rings is 1. The van der Waals surface area contributed by atoms with Crippen molar-refractivity contribution in [1.82, 2.24) is 15.5 Å². The minimum atomic E-state index is -0.182. The van der Waals surface area contributed by atoms with E-state index in [0.29, 0.717) is 26.2 Å². The van der Waals surface area contributed by atoms with Crippen LogP contribution in [0.2, 0.25) is 0 Å².